The maximum absolute atomic E-state index is 10.7. The Balaban J connectivity index is 0.00000199. The number of benzene rings is 10. The largest absolute Gasteiger partial charge is 0.307 e. The fraction of sp³-hybridized carbons (Fsp3) is 0.133. The minimum absolute atomic E-state index is 0.0833. The van der Waals surface area contributed by atoms with Crippen molar-refractivity contribution >= 4 is 31.5 Å². The van der Waals surface area contributed by atoms with Gasteiger partial charge in [-0.3, -0.25) is 0 Å². The summed E-state index contributed by atoms with van der Waals surface area (Å²) in [5.41, 5.74) is 24.1. The van der Waals surface area contributed by atoms with E-state index in [9.17, 15) is 5.26 Å². The zero-order valence-corrected chi connectivity index (χ0v) is 45.9. The van der Waals surface area contributed by atoms with Gasteiger partial charge in [-0.2, -0.15) is 5.26 Å². The van der Waals surface area contributed by atoms with Crippen molar-refractivity contribution < 1.29 is 0 Å². The molecule has 378 valence electrons. The van der Waals surface area contributed by atoms with Crippen LogP contribution in [0.2, 0.25) is 0 Å². The number of aryl methyl sites for hydroxylation is 1. The zero-order chi connectivity index (χ0) is 53.3. The van der Waals surface area contributed by atoms with Crippen molar-refractivity contribution in [1.82, 2.24) is 5.32 Å². The molecule has 1 aliphatic carbocycles. The van der Waals surface area contributed by atoms with Crippen molar-refractivity contribution in [3.8, 4) is 95.1 Å². The number of fused-ring (bicyclic) bond motifs is 3. The Morgan fingerprint density at radius 1 is 0.500 bits per heavy atom. The van der Waals surface area contributed by atoms with Crippen LogP contribution in [0.4, 0.5) is 0 Å². The average Bonchev–Trinajstić information content (AvgIpc) is 4.45. The number of thiophene rings is 1. The van der Waals surface area contributed by atoms with Crippen molar-refractivity contribution in [1.29, 1.82) is 5.26 Å². The van der Waals surface area contributed by atoms with Crippen LogP contribution in [0.5, 0.6) is 0 Å². The molecule has 0 amide bonds. The highest BCUT2D eigenvalue weighted by Crippen LogP contribution is 2.47. The second-order valence-electron chi connectivity index (χ2n) is 21.4. The molecule has 1 saturated heterocycles. The molecule has 78 heavy (non-hydrogen) atoms. The fourth-order valence-corrected chi connectivity index (χ4v) is 12.6. The van der Waals surface area contributed by atoms with Crippen molar-refractivity contribution in [2.75, 3.05) is 6.54 Å². The van der Waals surface area contributed by atoms with E-state index in [0.717, 1.165) is 51.9 Å². The topological polar surface area (TPSA) is 45.7 Å². The summed E-state index contributed by atoms with van der Waals surface area (Å²) in [4.78, 5) is 0. The van der Waals surface area contributed by atoms with Gasteiger partial charge >= 0.3 is 0 Å². The van der Waals surface area contributed by atoms with E-state index >= 15 is 0 Å². The Morgan fingerprint density at radius 3 is 1.67 bits per heavy atom. The standard InChI is InChI=1S/C72H54N2S.C3H8/c1-46-25-27-62(72(3)29-14-7-15-30-72)43-63(46)65-40-57(50-19-10-5-11-20-50)39-64(47(65)2)59-32-48(44-73)31-55(34-59)52-23-16-24-53(33-52)56-35-60(37-61(36-56)69-45-74-69)66-41-58(51-21-12-6-13-22-51)42-68-67-38-54(49-17-8-4-9-18-49)26-28-70(67)75-71(66)68;1-3-2/h4-29,31-43,69,74H,30,45H2,1-3H3;3H2,1-2H3. The lowest BCUT2D eigenvalue weighted by molar-refractivity contribution is 0.600. The molecule has 0 spiro atoms. The van der Waals surface area contributed by atoms with Crippen LogP contribution in [0.15, 0.2) is 237 Å². The maximum Gasteiger partial charge on any atom is 0.0992 e. The summed E-state index contributed by atoms with van der Waals surface area (Å²) in [6.45, 7) is 12.0. The SMILES string of the molecule is CCC.Cc1ccc(C2(C)C=CC=CC2)cc1-c1cc(-c2ccccc2)cc(-c2cc(C#N)cc(-c3cccc(-c4cc(-c5cc(-c6ccccc6)cc6c5sc5ccc(-c7ccccc7)cc56)cc(C5CN5)c4)c3)c2)c1C. The second kappa shape index (κ2) is 21.4. The highest BCUT2D eigenvalue weighted by molar-refractivity contribution is 7.26. The monoisotopic (exact) mass is 1020 g/mol. The van der Waals surface area contributed by atoms with E-state index in [4.69, 9.17) is 0 Å². The first kappa shape index (κ1) is 50.2. The molecule has 1 aromatic heterocycles. The molecule has 2 heterocycles. The minimum atomic E-state index is -0.0833. The third kappa shape index (κ3) is 9.98. The van der Waals surface area contributed by atoms with Crippen molar-refractivity contribution in [2.24, 2.45) is 0 Å². The van der Waals surface area contributed by atoms with Crippen molar-refractivity contribution in [2.45, 2.75) is 58.9 Å². The normalized spacial score (nSPS) is 15.5. The van der Waals surface area contributed by atoms with Gasteiger partial charge in [0.15, 0.2) is 0 Å². The Kier molecular flexibility index (Phi) is 13.8. The molecule has 2 nitrogen and oxygen atoms in total. The van der Waals surface area contributed by atoms with Gasteiger partial charge in [-0.15, -0.1) is 11.3 Å². The fourth-order valence-electron chi connectivity index (χ4n) is 11.4. The Morgan fingerprint density at radius 2 is 1.03 bits per heavy atom. The second-order valence-corrected chi connectivity index (χ2v) is 22.5. The van der Waals surface area contributed by atoms with Gasteiger partial charge in [0.05, 0.1) is 11.6 Å². The van der Waals surface area contributed by atoms with Gasteiger partial charge in [0, 0.05) is 43.7 Å². The van der Waals surface area contributed by atoms with Gasteiger partial charge in [0.25, 0.3) is 0 Å². The first-order chi connectivity index (χ1) is 38.2. The lowest BCUT2D eigenvalue weighted by Gasteiger charge is -2.28. The molecule has 3 heteroatoms. The van der Waals surface area contributed by atoms with Crippen molar-refractivity contribution in [3.63, 3.8) is 0 Å². The number of nitrogens with zero attached hydrogens (tertiary/aromatic N) is 1. The predicted octanol–water partition coefficient (Wildman–Crippen LogP) is 20.7. The number of nitrogens with one attached hydrogen (secondary N) is 1. The quantitative estimate of drug-likeness (QED) is 0.139. The summed E-state index contributed by atoms with van der Waals surface area (Å²) >= 11 is 1.89. The minimum Gasteiger partial charge on any atom is -0.307 e. The smallest absolute Gasteiger partial charge is 0.0992 e. The van der Waals surface area contributed by atoms with Crippen LogP contribution in [0.25, 0.3) is 109 Å². The van der Waals surface area contributed by atoms with Crippen LogP contribution in [-0.4, -0.2) is 6.54 Å². The van der Waals surface area contributed by atoms with Crippen LogP contribution < -0.4 is 5.32 Å². The molecule has 2 aliphatic rings. The molecule has 1 fully saturated rings. The zero-order valence-electron chi connectivity index (χ0n) is 45.1. The number of allylic oxidation sites excluding steroid dienone is 4. The summed E-state index contributed by atoms with van der Waals surface area (Å²) in [5.74, 6) is 0. The molecular formula is C75H62N2S. The molecule has 2 unspecified atom stereocenters. The molecule has 13 rings (SSSR count). The molecule has 0 bridgehead atoms. The maximum atomic E-state index is 10.7. The van der Waals surface area contributed by atoms with Crippen LogP contribution in [0.3, 0.4) is 0 Å². The molecule has 0 saturated carbocycles. The van der Waals surface area contributed by atoms with Crippen LogP contribution in [0.1, 0.15) is 67.5 Å². The number of rotatable bonds is 10. The van der Waals surface area contributed by atoms with E-state index in [2.05, 4.69) is 277 Å². The summed E-state index contributed by atoms with van der Waals surface area (Å²) in [6.07, 6.45) is 11.1. The Hall–Kier alpha value is -8.65. The summed E-state index contributed by atoms with van der Waals surface area (Å²) in [7, 11) is 0. The Labute approximate surface area is 464 Å². The number of nitriles is 1. The predicted molar refractivity (Wildman–Crippen MR) is 334 cm³/mol. The van der Waals surface area contributed by atoms with E-state index in [1.165, 1.54) is 98.9 Å². The van der Waals surface area contributed by atoms with Crippen LogP contribution >= 0.6 is 11.3 Å². The van der Waals surface area contributed by atoms with E-state index < -0.39 is 0 Å². The van der Waals surface area contributed by atoms with Gasteiger partial charge in [-0.05, 0) is 211 Å². The van der Waals surface area contributed by atoms with Crippen molar-refractivity contribution in [3.05, 3.63) is 264 Å². The molecule has 1 aliphatic heterocycles. The number of hydrogen-bond acceptors (Lipinski definition) is 3. The molecule has 1 N–H and O–H groups in total. The van der Waals surface area contributed by atoms with Gasteiger partial charge in [0.2, 0.25) is 0 Å². The highest BCUT2D eigenvalue weighted by atomic mass is 32.1. The lowest BCUT2D eigenvalue weighted by atomic mass is 9.76. The average molecular weight is 1020 g/mol. The van der Waals surface area contributed by atoms with E-state index in [1.807, 2.05) is 17.4 Å². The molecule has 0 radical (unpaired) electrons. The number of hydrogen-bond donors (Lipinski definition) is 1. The van der Waals surface area contributed by atoms with E-state index in [1.54, 1.807) is 0 Å². The van der Waals surface area contributed by atoms with E-state index in [-0.39, 0.29) is 5.41 Å². The third-order valence-electron chi connectivity index (χ3n) is 15.7. The molecule has 10 aromatic carbocycles. The summed E-state index contributed by atoms with van der Waals surface area (Å²) in [5, 5.41) is 16.9. The van der Waals surface area contributed by atoms with Crippen LogP contribution in [-0.2, 0) is 5.41 Å². The highest BCUT2D eigenvalue weighted by Gasteiger charge is 2.27. The van der Waals surface area contributed by atoms with Gasteiger partial charge in [0.1, 0.15) is 0 Å². The molecular weight excluding hydrogens is 961 g/mol. The summed E-state index contributed by atoms with van der Waals surface area (Å²) in [6, 6.07) is 80.9. The van der Waals surface area contributed by atoms with Crippen LogP contribution in [0, 0.1) is 25.2 Å². The van der Waals surface area contributed by atoms with Gasteiger partial charge in [-0.1, -0.05) is 179 Å². The first-order valence-corrected chi connectivity index (χ1v) is 28.3. The lowest BCUT2D eigenvalue weighted by Crippen LogP contribution is -2.19. The van der Waals surface area contributed by atoms with E-state index in [0.29, 0.717) is 11.6 Å². The molecule has 2 atom stereocenters. The third-order valence-corrected chi connectivity index (χ3v) is 16.9. The van der Waals surface area contributed by atoms with Gasteiger partial charge in [-0.25, -0.2) is 0 Å². The summed E-state index contributed by atoms with van der Waals surface area (Å²) < 4.78 is 2.58. The molecule has 11 aromatic rings. The Bertz CT molecular complexity index is 4150. The first-order valence-electron chi connectivity index (χ1n) is 27.5. The van der Waals surface area contributed by atoms with Gasteiger partial charge < -0.3 is 5.32 Å².